The van der Waals surface area contributed by atoms with E-state index in [-0.39, 0.29) is 39.5 Å². The Morgan fingerprint density at radius 2 is 1.26 bits per heavy atom. The van der Waals surface area contributed by atoms with Gasteiger partial charge in [0.1, 0.15) is 5.60 Å². The third kappa shape index (κ3) is 4.72. The van der Waals surface area contributed by atoms with Crippen LogP contribution in [0, 0.1) is 5.92 Å². The van der Waals surface area contributed by atoms with Crippen molar-refractivity contribution in [3.05, 3.63) is 47.5 Å². The number of ether oxygens (including phenoxy) is 5. The zero-order valence-corrected chi connectivity index (χ0v) is 19.5. The Kier molecular flexibility index (Phi) is 6.40. The van der Waals surface area contributed by atoms with Crippen LogP contribution in [0.3, 0.4) is 0 Å². The summed E-state index contributed by atoms with van der Waals surface area (Å²) in [6.45, 7) is -0.496. The molecule has 1 fully saturated rings. The average Bonchev–Trinajstić information content (AvgIpc) is 3.53. The molecule has 0 bridgehead atoms. The first-order chi connectivity index (χ1) is 17.9. The van der Waals surface area contributed by atoms with E-state index in [1.54, 1.807) is 36.4 Å². The number of piperidine rings is 1. The van der Waals surface area contributed by atoms with Crippen LogP contribution < -0.4 is 18.9 Å². The fourth-order valence-electron chi connectivity index (χ4n) is 4.88. The van der Waals surface area contributed by atoms with Crippen LogP contribution in [0.1, 0.15) is 24.0 Å². The van der Waals surface area contributed by atoms with Gasteiger partial charge in [0, 0.05) is 13.1 Å². The molecule has 3 aliphatic heterocycles. The van der Waals surface area contributed by atoms with Gasteiger partial charge in [0.2, 0.25) is 13.6 Å². The molecule has 0 atom stereocenters. The molecule has 0 aliphatic carbocycles. The number of fused-ring (bicyclic) bond motifs is 2. The lowest BCUT2D eigenvalue weighted by Crippen LogP contribution is -2.50. The molecule has 2 aromatic rings. The van der Waals surface area contributed by atoms with Crippen molar-refractivity contribution in [1.82, 2.24) is 4.90 Å². The van der Waals surface area contributed by atoms with E-state index in [0.29, 0.717) is 34.1 Å². The van der Waals surface area contributed by atoms with Crippen LogP contribution in [0.25, 0.3) is 0 Å². The van der Waals surface area contributed by atoms with E-state index in [2.05, 4.69) is 4.74 Å². The number of alkyl halides is 6. The molecule has 0 unspecified atom stereocenters. The van der Waals surface area contributed by atoms with Crippen molar-refractivity contribution in [2.75, 3.05) is 26.7 Å². The van der Waals surface area contributed by atoms with E-state index < -0.39 is 36.1 Å². The van der Waals surface area contributed by atoms with Crippen molar-refractivity contribution < 1.29 is 59.9 Å². The summed E-state index contributed by atoms with van der Waals surface area (Å²) >= 11 is 0. The van der Waals surface area contributed by atoms with Crippen molar-refractivity contribution in [2.45, 2.75) is 36.9 Å². The van der Waals surface area contributed by atoms with Crippen LogP contribution in [0.5, 0.6) is 23.0 Å². The molecule has 0 radical (unpaired) electrons. The Morgan fingerprint density at radius 1 is 0.816 bits per heavy atom. The lowest BCUT2D eigenvalue weighted by Gasteiger charge is -2.42. The molecule has 0 aromatic heterocycles. The summed E-state index contributed by atoms with van der Waals surface area (Å²) in [4.78, 5) is 13.0. The maximum atomic E-state index is 12.8. The third-order valence-corrected chi connectivity index (χ3v) is 6.78. The van der Waals surface area contributed by atoms with Gasteiger partial charge in [-0.05, 0) is 54.2 Å². The first-order valence-electron chi connectivity index (χ1n) is 11.5. The highest BCUT2D eigenvalue weighted by Crippen LogP contribution is 2.47. The summed E-state index contributed by atoms with van der Waals surface area (Å²) in [6, 6.07) is 9.72. The van der Waals surface area contributed by atoms with Crippen LogP contribution in [0.2, 0.25) is 0 Å². The zero-order valence-electron chi connectivity index (χ0n) is 19.5. The van der Waals surface area contributed by atoms with E-state index in [1.807, 2.05) is 0 Å². The van der Waals surface area contributed by atoms with Crippen LogP contribution in [0.4, 0.5) is 31.1 Å². The van der Waals surface area contributed by atoms with Crippen molar-refractivity contribution in [3.63, 3.8) is 0 Å². The number of nitrogens with zero attached hydrogens (tertiary/aromatic N) is 1. The standard InChI is InChI=1S/C24H21F6NO7/c25-23(26,27)20(24(28,29)30)38-21(32)31-7-5-13(6-8-31)22(33,14-1-3-16-18(9-14)36-11-34-16)15-2-4-17-19(10-15)37-12-35-17/h1-4,9-10,13,20,33H,5-8,11-12H2. The highest BCUT2D eigenvalue weighted by molar-refractivity contribution is 5.68. The SMILES string of the molecule is O=C(OC(C(F)(F)F)C(F)(F)F)N1CCC(C(O)(c2ccc3c(c2)OCO3)c2ccc3c(c2)OCO3)CC1. The number of benzene rings is 2. The number of rotatable bonds is 4. The van der Waals surface area contributed by atoms with Crippen molar-refractivity contribution >= 4 is 6.09 Å². The number of carbonyl (C=O) groups excluding carboxylic acids is 1. The second-order valence-electron chi connectivity index (χ2n) is 9.01. The molecule has 1 saturated heterocycles. The van der Waals surface area contributed by atoms with Gasteiger partial charge < -0.3 is 33.7 Å². The van der Waals surface area contributed by atoms with Crippen molar-refractivity contribution in [1.29, 1.82) is 0 Å². The average molecular weight is 549 g/mol. The Bertz CT molecular complexity index is 1140. The predicted octanol–water partition coefficient (Wildman–Crippen LogP) is 4.72. The van der Waals surface area contributed by atoms with E-state index in [4.69, 9.17) is 18.9 Å². The van der Waals surface area contributed by atoms with Crippen LogP contribution in [-0.4, -0.2) is 61.2 Å². The van der Waals surface area contributed by atoms with E-state index >= 15 is 0 Å². The molecule has 0 saturated carbocycles. The second kappa shape index (κ2) is 9.33. The molecule has 3 aliphatic rings. The maximum Gasteiger partial charge on any atom is 0.434 e. The van der Waals surface area contributed by atoms with Gasteiger partial charge in [-0.1, -0.05) is 12.1 Å². The maximum absolute atomic E-state index is 12.8. The molecule has 38 heavy (non-hydrogen) atoms. The molecular weight excluding hydrogens is 528 g/mol. The molecule has 14 heteroatoms. The number of halogens is 6. The largest absolute Gasteiger partial charge is 0.454 e. The molecule has 8 nitrogen and oxygen atoms in total. The number of likely N-dealkylation sites (tertiary alicyclic amines) is 1. The van der Waals surface area contributed by atoms with Gasteiger partial charge in [0.05, 0.1) is 0 Å². The van der Waals surface area contributed by atoms with Gasteiger partial charge in [-0.2, -0.15) is 26.3 Å². The van der Waals surface area contributed by atoms with Gasteiger partial charge >= 0.3 is 18.4 Å². The summed E-state index contributed by atoms with van der Waals surface area (Å²) in [5, 5.41) is 12.2. The molecule has 206 valence electrons. The third-order valence-electron chi connectivity index (χ3n) is 6.78. The fourth-order valence-corrected chi connectivity index (χ4v) is 4.88. The fraction of sp³-hybridized carbons (Fsp3) is 0.458. The van der Waals surface area contributed by atoms with Crippen LogP contribution >= 0.6 is 0 Å². The Morgan fingerprint density at radius 3 is 1.71 bits per heavy atom. The number of carbonyl (C=O) groups is 1. The Balaban J connectivity index is 1.39. The number of aliphatic hydroxyl groups is 1. The van der Waals surface area contributed by atoms with Gasteiger partial charge in [-0.3, -0.25) is 0 Å². The Hall–Kier alpha value is -3.55. The quantitative estimate of drug-likeness (QED) is 0.553. The molecule has 1 N–H and O–H groups in total. The summed E-state index contributed by atoms with van der Waals surface area (Å²) in [5.74, 6) is 1.14. The predicted molar refractivity (Wildman–Crippen MR) is 115 cm³/mol. The minimum atomic E-state index is -5.81. The molecule has 5 rings (SSSR count). The normalized spacial score (nSPS) is 17.7. The summed E-state index contributed by atoms with van der Waals surface area (Å²) in [7, 11) is 0. The van der Waals surface area contributed by atoms with Gasteiger partial charge in [0.25, 0.3) is 6.10 Å². The summed E-state index contributed by atoms with van der Waals surface area (Å²) < 4.78 is 102. The summed E-state index contributed by atoms with van der Waals surface area (Å²) in [5.41, 5.74) is -0.870. The second-order valence-corrected chi connectivity index (χ2v) is 9.01. The molecule has 2 aromatic carbocycles. The van der Waals surface area contributed by atoms with Crippen molar-refractivity contribution in [2.24, 2.45) is 5.92 Å². The topological polar surface area (TPSA) is 86.7 Å². The molecule has 3 heterocycles. The Labute approximate surface area is 211 Å². The first kappa shape index (κ1) is 26.1. The van der Waals surface area contributed by atoms with Gasteiger partial charge in [-0.25, -0.2) is 4.79 Å². The molecule has 0 spiro atoms. The van der Waals surface area contributed by atoms with Crippen molar-refractivity contribution in [3.8, 4) is 23.0 Å². The zero-order chi connectivity index (χ0) is 27.3. The van der Waals surface area contributed by atoms with Crippen LogP contribution in [0.15, 0.2) is 36.4 Å². The van der Waals surface area contributed by atoms with E-state index in [9.17, 15) is 36.2 Å². The van der Waals surface area contributed by atoms with Crippen LogP contribution in [-0.2, 0) is 10.3 Å². The smallest absolute Gasteiger partial charge is 0.434 e. The number of hydrogen-bond acceptors (Lipinski definition) is 7. The lowest BCUT2D eigenvalue weighted by molar-refractivity contribution is -0.308. The number of hydrogen-bond donors (Lipinski definition) is 1. The highest BCUT2D eigenvalue weighted by Gasteiger charge is 2.60. The van der Waals surface area contributed by atoms with Gasteiger partial charge in [0.15, 0.2) is 23.0 Å². The van der Waals surface area contributed by atoms with E-state index in [0.717, 1.165) is 4.90 Å². The lowest BCUT2D eigenvalue weighted by atomic mass is 9.72. The minimum absolute atomic E-state index is 0.00140. The minimum Gasteiger partial charge on any atom is -0.454 e. The van der Waals surface area contributed by atoms with Gasteiger partial charge in [-0.15, -0.1) is 0 Å². The first-order valence-corrected chi connectivity index (χ1v) is 11.5. The molecular formula is C24H21F6NO7. The monoisotopic (exact) mass is 549 g/mol. The molecule has 1 amide bonds. The summed E-state index contributed by atoms with van der Waals surface area (Å²) in [6.07, 6.45) is -17.5. The van der Waals surface area contributed by atoms with E-state index in [1.165, 1.54) is 0 Å². The number of amides is 1. The highest BCUT2D eigenvalue weighted by atomic mass is 19.4.